The summed E-state index contributed by atoms with van der Waals surface area (Å²) in [5.41, 5.74) is 1.35. The van der Waals surface area contributed by atoms with Crippen molar-refractivity contribution in [3.63, 3.8) is 0 Å². The molecule has 0 bridgehead atoms. The van der Waals surface area contributed by atoms with Crippen LogP contribution >= 0.6 is 11.3 Å². The van der Waals surface area contributed by atoms with E-state index in [-0.39, 0.29) is 0 Å². The lowest BCUT2D eigenvalue weighted by Crippen LogP contribution is -1.97. The zero-order valence-corrected chi connectivity index (χ0v) is 11.1. The zero-order valence-electron chi connectivity index (χ0n) is 10.3. The molecule has 0 saturated carbocycles. The van der Waals surface area contributed by atoms with Crippen LogP contribution in [0.4, 0.5) is 0 Å². The standard InChI is InChI=1S/C16H12N2S/c1-2-4-15-14(3-1)13(10-18-7-6-17-11-18)9-12-5-8-19-16(12)15/h1-9,11H,10H2. The first-order chi connectivity index (χ1) is 9.42. The molecular weight excluding hydrogens is 252 g/mol. The van der Waals surface area contributed by atoms with Crippen molar-refractivity contribution < 1.29 is 0 Å². The van der Waals surface area contributed by atoms with E-state index in [4.69, 9.17) is 0 Å². The van der Waals surface area contributed by atoms with E-state index in [0.29, 0.717) is 0 Å². The third-order valence-electron chi connectivity index (χ3n) is 3.46. The molecule has 3 heteroatoms. The summed E-state index contributed by atoms with van der Waals surface area (Å²) in [4.78, 5) is 4.12. The van der Waals surface area contributed by atoms with Crippen LogP contribution in [0.15, 0.2) is 60.5 Å². The minimum Gasteiger partial charge on any atom is -0.333 e. The van der Waals surface area contributed by atoms with Gasteiger partial charge in [-0.2, -0.15) is 0 Å². The van der Waals surface area contributed by atoms with E-state index in [9.17, 15) is 0 Å². The number of thiophene rings is 1. The molecular formula is C16H12N2S. The molecule has 92 valence electrons. The van der Waals surface area contributed by atoms with Gasteiger partial charge in [-0.3, -0.25) is 0 Å². The number of rotatable bonds is 2. The minimum atomic E-state index is 0.867. The third-order valence-corrected chi connectivity index (χ3v) is 4.42. The largest absolute Gasteiger partial charge is 0.333 e. The van der Waals surface area contributed by atoms with Crippen molar-refractivity contribution in [2.24, 2.45) is 0 Å². The molecule has 0 amide bonds. The molecule has 2 heterocycles. The van der Waals surface area contributed by atoms with Crippen molar-refractivity contribution in [2.75, 3.05) is 0 Å². The van der Waals surface area contributed by atoms with Gasteiger partial charge in [-0.1, -0.05) is 24.3 Å². The van der Waals surface area contributed by atoms with Gasteiger partial charge in [0.05, 0.1) is 6.33 Å². The monoisotopic (exact) mass is 264 g/mol. The van der Waals surface area contributed by atoms with Gasteiger partial charge in [-0.15, -0.1) is 11.3 Å². The molecule has 4 aromatic rings. The molecule has 0 radical (unpaired) electrons. The molecule has 0 aliphatic heterocycles. The van der Waals surface area contributed by atoms with Gasteiger partial charge in [0.2, 0.25) is 0 Å². The number of imidazole rings is 1. The Morgan fingerprint density at radius 3 is 2.84 bits per heavy atom. The van der Waals surface area contributed by atoms with Crippen LogP contribution in [0.25, 0.3) is 20.9 Å². The molecule has 0 N–H and O–H groups in total. The van der Waals surface area contributed by atoms with Crippen molar-refractivity contribution in [2.45, 2.75) is 6.54 Å². The zero-order chi connectivity index (χ0) is 12.7. The van der Waals surface area contributed by atoms with Crippen molar-refractivity contribution in [1.82, 2.24) is 9.55 Å². The molecule has 4 rings (SSSR count). The highest BCUT2D eigenvalue weighted by Crippen LogP contribution is 2.32. The maximum atomic E-state index is 4.12. The molecule has 2 aromatic carbocycles. The normalized spacial score (nSPS) is 11.4. The van der Waals surface area contributed by atoms with Crippen LogP contribution in [0.2, 0.25) is 0 Å². The summed E-state index contributed by atoms with van der Waals surface area (Å²) in [6.07, 6.45) is 5.70. The van der Waals surface area contributed by atoms with Gasteiger partial charge in [0, 0.05) is 23.6 Å². The first kappa shape index (κ1) is 10.8. The van der Waals surface area contributed by atoms with Crippen LogP contribution in [-0.2, 0) is 6.54 Å². The Hall–Kier alpha value is -2.13. The molecule has 2 nitrogen and oxygen atoms in total. The minimum absolute atomic E-state index is 0.867. The van der Waals surface area contributed by atoms with Crippen LogP contribution < -0.4 is 0 Å². The van der Waals surface area contributed by atoms with E-state index in [0.717, 1.165) is 6.54 Å². The topological polar surface area (TPSA) is 17.8 Å². The molecule has 0 spiro atoms. The molecule has 2 aromatic heterocycles. The van der Waals surface area contributed by atoms with Gasteiger partial charge >= 0.3 is 0 Å². The van der Waals surface area contributed by atoms with Gasteiger partial charge < -0.3 is 4.57 Å². The summed E-state index contributed by atoms with van der Waals surface area (Å²) in [6.45, 7) is 0.867. The highest BCUT2D eigenvalue weighted by atomic mass is 32.1. The maximum Gasteiger partial charge on any atom is 0.0949 e. The number of fused-ring (bicyclic) bond motifs is 3. The van der Waals surface area contributed by atoms with Gasteiger partial charge in [-0.05, 0) is 39.2 Å². The second-order valence-corrected chi connectivity index (χ2v) is 5.57. The molecule has 0 unspecified atom stereocenters. The Balaban J connectivity index is 2.01. The lowest BCUT2D eigenvalue weighted by molar-refractivity contribution is 0.803. The quantitative estimate of drug-likeness (QED) is 0.528. The maximum absolute atomic E-state index is 4.12. The van der Waals surface area contributed by atoms with E-state index < -0.39 is 0 Å². The Labute approximate surface area is 114 Å². The van der Waals surface area contributed by atoms with Crippen molar-refractivity contribution >= 4 is 32.2 Å². The van der Waals surface area contributed by atoms with Crippen LogP contribution in [0, 0.1) is 0 Å². The second kappa shape index (κ2) is 4.21. The molecule has 0 saturated heterocycles. The van der Waals surface area contributed by atoms with Gasteiger partial charge in [-0.25, -0.2) is 4.98 Å². The molecule has 0 aliphatic carbocycles. The van der Waals surface area contributed by atoms with E-state index in [1.807, 2.05) is 30.1 Å². The second-order valence-electron chi connectivity index (χ2n) is 4.66. The fourth-order valence-corrected chi connectivity index (χ4v) is 3.50. The van der Waals surface area contributed by atoms with Gasteiger partial charge in [0.25, 0.3) is 0 Å². The fraction of sp³-hybridized carbons (Fsp3) is 0.0625. The number of aromatic nitrogens is 2. The van der Waals surface area contributed by atoms with Crippen molar-refractivity contribution in [3.05, 3.63) is 66.1 Å². The smallest absolute Gasteiger partial charge is 0.0949 e. The average Bonchev–Trinajstić information content (AvgIpc) is 3.10. The Morgan fingerprint density at radius 2 is 2.00 bits per heavy atom. The molecule has 0 fully saturated rings. The first-order valence-corrected chi connectivity index (χ1v) is 7.13. The lowest BCUT2D eigenvalue weighted by Gasteiger charge is -2.08. The van der Waals surface area contributed by atoms with Crippen LogP contribution in [0.5, 0.6) is 0 Å². The Kier molecular flexibility index (Phi) is 2.38. The predicted molar refractivity (Wildman–Crippen MR) is 80.7 cm³/mol. The van der Waals surface area contributed by atoms with E-state index in [1.165, 1.54) is 26.4 Å². The number of hydrogen-bond donors (Lipinski definition) is 0. The molecule has 0 atom stereocenters. The van der Waals surface area contributed by atoms with Crippen LogP contribution in [0.3, 0.4) is 0 Å². The van der Waals surface area contributed by atoms with E-state index >= 15 is 0 Å². The highest BCUT2D eigenvalue weighted by Gasteiger charge is 2.07. The van der Waals surface area contributed by atoms with Crippen LogP contribution in [-0.4, -0.2) is 9.55 Å². The fourth-order valence-electron chi connectivity index (χ4n) is 2.59. The Morgan fingerprint density at radius 1 is 1.11 bits per heavy atom. The third kappa shape index (κ3) is 1.74. The highest BCUT2D eigenvalue weighted by molar-refractivity contribution is 7.18. The van der Waals surface area contributed by atoms with E-state index in [2.05, 4.69) is 51.3 Å². The van der Waals surface area contributed by atoms with Crippen molar-refractivity contribution in [1.29, 1.82) is 0 Å². The summed E-state index contributed by atoms with van der Waals surface area (Å²) in [5.74, 6) is 0. The van der Waals surface area contributed by atoms with Gasteiger partial charge in [0.1, 0.15) is 0 Å². The number of hydrogen-bond acceptors (Lipinski definition) is 2. The summed E-state index contributed by atoms with van der Waals surface area (Å²) in [6, 6.07) is 13.1. The molecule has 0 aliphatic rings. The summed E-state index contributed by atoms with van der Waals surface area (Å²) in [5, 5.41) is 6.19. The lowest BCUT2D eigenvalue weighted by atomic mass is 10.0. The predicted octanol–water partition coefficient (Wildman–Crippen LogP) is 4.30. The first-order valence-electron chi connectivity index (χ1n) is 6.25. The molecule has 19 heavy (non-hydrogen) atoms. The summed E-state index contributed by atoms with van der Waals surface area (Å²) in [7, 11) is 0. The van der Waals surface area contributed by atoms with Crippen LogP contribution in [0.1, 0.15) is 5.56 Å². The number of benzene rings is 2. The summed E-state index contributed by atoms with van der Waals surface area (Å²) < 4.78 is 3.49. The summed E-state index contributed by atoms with van der Waals surface area (Å²) >= 11 is 1.81. The SMILES string of the molecule is c1ccc2c(c1)c(Cn1ccnc1)cc1ccsc12. The van der Waals surface area contributed by atoms with E-state index in [1.54, 1.807) is 0 Å². The average molecular weight is 264 g/mol. The van der Waals surface area contributed by atoms with Crippen molar-refractivity contribution in [3.8, 4) is 0 Å². The Bertz CT molecular complexity index is 844. The number of nitrogens with zero attached hydrogens (tertiary/aromatic N) is 2. The van der Waals surface area contributed by atoms with Gasteiger partial charge in [0.15, 0.2) is 0 Å².